The molecule has 0 spiro atoms. The van der Waals surface area contributed by atoms with E-state index >= 15 is 0 Å². The summed E-state index contributed by atoms with van der Waals surface area (Å²) in [5, 5.41) is 2.49. The number of carbonyl (C=O) groups is 2. The molecule has 0 heterocycles. The number of rotatable bonds is 6. The second-order valence-corrected chi connectivity index (χ2v) is 4.23. The van der Waals surface area contributed by atoms with Gasteiger partial charge in [0.2, 0.25) is 6.23 Å². The minimum atomic E-state index is -0.869. The van der Waals surface area contributed by atoms with Crippen molar-refractivity contribution in [1.82, 2.24) is 5.32 Å². The zero-order valence-corrected chi connectivity index (χ0v) is 11.3. The highest BCUT2D eigenvalue weighted by atomic mass is 16.6. The van der Waals surface area contributed by atoms with Crippen molar-refractivity contribution in [1.29, 1.82) is 0 Å². The molecular formula is C16H15NO4. The Bertz CT molecular complexity index is 571. The maximum atomic E-state index is 11.7. The standard InChI is InChI=1S/C16H15NO4/c18-12-21-15(14-9-5-2-6-10-14)17-16(19)20-11-13-7-3-1-4-8-13/h1-10,12,15H,11H2,(H,17,19). The molecule has 2 aromatic carbocycles. The fourth-order valence-corrected chi connectivity index (χ4v) is 1.75. The van der Waals surface area contributed by atoms with Crippen molar-refractivity contribution in [3.05, 3.63) is 71.8 Å². The number of amides is 1. The van der Waals surface area contributed by atoms with Crippen LogP contribution in [-0.4, -0.2) is 12.6 Å². The average molecular weight is 285 g/mol. The van der Waals surface area contributed by atoms with Crippen LogP contribution in [0.2, 0.25) is 0 Å². The zero-order chi connectivity index (χ0) is 14.9. The molecule has 0 aromatic heterocycles. The van der Waals surface area contributed by atoms with Gasteiger partial charge in [-0.3, -0.25) is 10.1 Å². The van der Waals surface area contributed by atoms with E-state index in [1.165, 1.54) is 0 Å². The molecule has 0 saturated heterocycles. The van der Waals surface area contributed by atoms with Crippen LogP contribution in [0.25, 0.3) is 0 Å². The molecule has 2 rings (SSSR count). The first-order valence-electron chi connectivity index (χ1n) is 6.41. The van der Waals surface area contributed by atoms with Gasteiger partial charge >= 0.3 is 6.09 Å². The quantitative estimate of drug-likeness (QED) is 0.654. The third-order valence-corrected chi connectivity index (χ3v) is 2.76. The third kappa shape index (κ3) is 4.65. The molecule has 5 heteroatoms. The highest BCUT2D eigenvalue weighted by Crippen LogP contribution is 2.13. The second kappa shape index (κ2) is 7.69. The van der Waals surface area contributed by atoms with Crippen LogP contribution >= 0.6 is 0 Å². The molecule has 1 N–H and O–H groups in total. The Hall–Kier alpha value is -2.82. The van der Waals surface area contributed by atoms with Crippen molar-refractivity contribution >= 4 is 12.6 Å². The van der Waals surface area contributed by atoms with Gasteiger partial charge in [-0.25, -0.2) is 4.79 Å². The normalized spacial score (nSPS) is 11.2. The fraction of sp³-hybridized carbons (Fsp3) is 0.125. The lowest BCUT2D eigenvalue weighted by molar-refractivity contribution is -0.135. The molecule has 0 aliphatic heterocycles. The van der Waals surface area contributed by atoms with Crippen molar-refractivity contribution in [2.24, 2.45) is 0 Å². The minimum absolute atomic E-state index is 0.148. The lowest BCUT2D eigenvalue weighted by atomic mass is 10.2. The van der Waals surface area contributed by atoms with Crippen LogP contribution in [0.1, 0.15) is 17.4 Å². The molecule has 0 fully saturated rings. The van der Waals surface area contributed by atoms with Gasteiger partial charge in [0.05, 0.1) is 0 Å². The van der Waals surface area contributed by atoms with Crippen LogP contribution in [0.15, 0.2) is 60.7 Å². The first kappa shape index (κ1) is 14.6. The van der Waals surface area contributed by atoms with Gasteiger partial charge in [-0.1, -0.05) is 60.7 Å². The van der Waals surface area contributed by atoms with Crippen molar-refractivity contribution in [3.63, 3.8) is 0 Å². The number of benzene rings is 2. The molecule has 1 unspecified atom stereocenters. The number of nitrogens with one attached hydrogen (secondary N) is 1. The van der Waals surface area contributed by atoms with E-state index < -0.39 is 12.3 Å². The number of ether oxygens (including phenoxy) is 2. The highest BCUT2D eigenvalue weighted by Gasteiger charge is 2.15. The largest absolute Gasteiger partial charge is 0.445 e. The molecule has 108 valence electrons. The van der Waals surface area contributed by atoms with Crippen molar-refractivity contribution in [2.45, 2.75) is 12.8 Å². The molecule has 0 saturated carbocycles. The van der Waals surface area contributed by atoms with Crippen LogP contribution in [0, 0.1) is 0 Å². The third-order valence-electron chi connectivity index (χ3n) is 2.76. The van der Waals surface area contributed by atoms with E-state index in [2.05, 4.69) is 5.32 Å². The Morgan fingerprint density at radius 2 is 1.67 bits per heavy atom. The first-order valence-corrected chi connectivity index (χ1v) is 6.41. The van der Waals surface area contributed by atoms with Crippen molar-refractivity contribution < 1.29 is 19.1 Å². The first-order chi connectivity index (χ1) is 10.3. The lowest BCUT2D eigenvalue weighted by Gasteiger charge is -2.17. The second-order valence-electron chi connectivity index (χ2n) is 4.23. The highest BCUT2D eigenvalue weighted by molar-refractivity contribution is 5.68. The molecule has 2 aromatic rings. The van der Waals surface area contributed by atoms with E-state index in [9.17, 15) is 9.59 Å². The van der Waals surface area contributed by atoms with E-state index in [-0.39, 0.29) is 13.1 Å². The van der Waals surface area contributed by atoms with Crippen molar-refractivity contribution in [2.75, 3.05) is 0 Å². The van der Waals surface area contributed by atoms with E-state index in [1.54, 1.807) is 24.3 Å². The minimum Gasteiger partial charge on any atom is -0.445 e. The van der Waals surface area contributed by atoms with Gasteiger partial charge in [0.1, 0.15) is 6.61 Å². The summed E-state index contributed by atoms with van der Waals surface area (Å²) in [4.78, 5) is 22.3. The number of alkyl carbamates (subject to hydrolysis) is 1. The van der Waals surface area contributed by atoms with E-state index in [1.807, 2.05) is 36.4 Å². The summed E-state index contributed by atoms with van der Waals surface area (Å²) in [6.07, 6.45) is -1.53. The Morgan fingerprint density at radius 3 is 2.29 bits per heavy atom. The number of hydrogen-bond acceptors (Lipinski definition) is 4. The molecule has 0 radical (unpaired) electrons. The topological polar surface area (TPSA) is 64.6 Å². The Kier molecular flexibility index (Phi) is 5.34. The Balaban J connectivity index is 1.91. The molecule has 0 bridgehead atoms. The van der Waals surface area contributed by atoms with Crippen LogP contribution in [-0.2, 0) is 20.9 Å². The van der Waals surface area contributed by atoms with Crippen LogP contribution < -0.4 is 5.32 Å². The summed E-state index contributed by atoms with van der Waals surface area (Å²) in [5.74, 6) is 0. The van der Waals surface area contributed by atoms with Gasteiger partial charge in [0.15, 0.2) is 0 Å². The monoisotopic (exact) mass is 285 g/mol. The van der Waals surface area contributed by atoms with Crippen molar-refractivity contribution in [3.8, 4) is 0 Å². The van der Waals surface area contributed by atoms with Gasteiger partial charge < -0.3 is 9.47 Å². The van der Waals surface area contributed by atoms with Gasteiger partial charge in [0.25, 0.3) is 6.47 Å². The number of carbonyl (C=O) groups excluding carboxylic acids is 2. The van der Waals surface area contributed by atoms with Gasteiger partial charge in [0, 0.05) is 5.56 Å². The Labute approximate surface area is 122 Å². The lowest BCUT2D eigenvalue weighted by Crippen LogP contribution is -2.30. The van der Waals surface area contributed by atoms with E-state index in [4.69, 9.17) is 9.47 Å². The fourth-order valence-electron chi connectivity index (χ4n) is 1.75. The number of hydrogen-bond donors (Lipinski definition) is 1. The van der Waals surface area contributed by atoms with Crippen LogP contribution in [0.3, 0.4) is 0 Å². The summed E-state index contributed by atoms with van der Waals surface area (Å²) in [5.41, 5.74) is 1.53. The summed E-state index contributed by atoms with van der Waals surface area (Å²) >= 11 is 0. The molecule has 5 nitrogen and oxygen atoms in total. The zero-order valence-electron chi connectivity index (χ0n) is 11.3. The molecule has 1 atom stereocenters. The maximum Gasteiger partial charge on any atom is 0.410 e. The summed E-state index contributed by atoms with van der Waals surface area (Å²) in [7, 11) is 0. The van der Waals surface area contributed by atoms with E-state index in [0.29, 0.717) is 5.56 Å². The maximum absolute atomic E-state index is 11.7. The SMILES string of the molecule is O=COC(NC(=O)OCc1ccccc1)c1ccccc1. The summed E-state index contributed by atoms with van der Waals surface area (Å²) in [6.45, 7) is 0.435. The summed E-state index contributed by atoms with van der Waals surface area (Å²) < 4.78 is 9.94. The Morgan fingerprint density at radius 1 is 1.05 bits per heavy atom. The summed E-state index contributed by atoms with van der Waals surface area (Å²) in [6, 6.07) is 18.2. The van der Waals surface area contributed by atoms with Gasteiger partial charge in [-0.15, -0.1) is 0 Å². The predicted octanol–water partition coefficient (Wildman–Crippen LogP) is 2.78. The molecule has 0 aliphatic carbocycles. The van der Waals surface area contributed by atoms with Crippen LogP contribution in [0.5, 0.6) is 0 Å². The predicted molar refractivity (Wildman–Crippen MR) is 76.1 cm³/mol. The molecule has 0 aliphatic rings. The molecule has 1 amide bonds. The smallest absolute Gasteiger partial charge is 0.410 e. The average Bonchev–Trinajstić information content (AvgIpc) is 2.54. The van der Waals surface area contributed by atoms with Crippen LogP contribution in [0.4, 0.5) is 4.79 Å². The van der Waals surface area contributed by atoms with E-state index in [0.717, 1.165) is 5.56 Å². The van der Waals surface area contributed by atoms with Gasteiger partial charge in [-0.2, -0.15) is 0 Å². The molecule has 21 heavy (non-hydrogen) atoms. The molecular weight excluding hydrogens is 270 g/mol. The van der Waals surface area contributed by atoms with Gasteiger partial charge in [-0.05, 0) is 5.56 Å².